The number of fused-ring (bicyclic) bond motifs is 1. The highest BCUT2D eigenvalue weighted by molar-refractivity contribution is 7.22. The number of aryl methyl sites for hydroxylation is 1. The van der Waals surface area contributed by atoms with E-state index in [1.165, 1.54) is 20.5 Å². The Labute approximate surface area is 104 Å². The molecule has 3 heteroatoms. The number of anilines is 1. The molecule has 0 saturated heterocycles. The van der Waals surface area contributed by atoms with E-state index in [-0.39, 0.29) is 0 Å². The second kappa shape index (κ2) is 3.86. The zero-order chi connectivity index (χ0) is 11.8. The number of nitrogen functional groups attached to an aromatic ring is 1. The van der Waals surface area contributed by atoms with Crippen LogP contribution in [0.2, 0.25) is 0 Å². The van der Waals surface area contributed by atoms with Crippen LogP contribution < -0.4 is 5.73 Å². The Morgan fingerprint density at radius 1 is 1.18 bits per heavy atom. The van der Waals surface area contributed by atoms with Crippen LogP contribution in [0.25, 0.3) is 20.7 Å². The number of hydrogen-bond donors (Lipinski definition) is 1. The van der Waals surface area contributed by atoms with Crippen molar-refractivity contribution in [2.45, 2.75) is 6.92 Å². The van der Waals surface area contributed by atoms with Crippen LogP contribution in [0.5, 0.6) is 0 Å². The van der Waals surface area contributed by atoms with Crippen LogP contribution in [0, 0.1) is 6.92 Å². The maximum absolute atomic E-state index is 5.64. The summed E-state index contributed by atoms with van der Waals surface area (Å²) in [4.78, 5) is 5.55. The molecule has 3 rings (SSSR count). The van der Waals surface area contributed by atoms with Gasteiger partial charge in [-0.05, 0) is 36.1 Å². The number of nitrogens with zero attached hydrogens (tertiary/aromatic N) is 1. The van der Waals surface area contributed by atoms with E-state index >= 15 is 0 Å². The van der Waals surface area contributed by atoms with Gasteiger partial charge < -0.3 is 5.73 Å². The van der Waals surface area contributed by atoms with E-state index in [0.717, 1.165) is 5.69 Å². The highest BCUT2D eigenvalue weighted by Crippen LogP contribution is 2.34. The van der Waals surface area contributed by atoms with Crippen molar-refractivity contribution in [3.05, 3.63) is 48.2 Å². The van der Waals surface area contributed by atoms with Crippen molar-refractivity contribution in [1.82, 2.24) is 4.98 Å². The fourth-order valence-corrected chi connectivity index (χ4v) is 2.99. The average Bonchev–Trinajstić information content (AvgIpc) is 2.75. The van der Waals surface area contributed by atoms with Gasteiger partial charge in [0.05, 0.1) is 22.5 Å². The molecule has 0 atom stereocenters. The normalized spacial score (nSPS) is 10.9. The van der Waals surface area contributed by atoms with Gasteiger partial charge in [-0.3, -0.25) is 4.98 Å². The van der Waals surface area contributed by atoms with Crippen molar-refractivity contribution in [2.24, 2.45) is 0 Å². The highest BCUT2D eigenvalue weighted by Gasteiger charge is 2.06. The largest absolute Gasteiger partial charge is 0.397 e. The summed E-state index contributed by atoms with van der Waals surface area (Å²) < 4.78 is 1.33. The third kappa shape index (κ3) is 1.78. The zero-order valence-electron chi connectivity index (χ0n) is 9.47. The zero-order valence-corrected chi connectivity index (χ0v) is 10.3. The van der Waals surface area contributed by atoms with Crippen molar-refractivity contribution in [2.75, 3.05) is 5.73 Å². The summed E-state index contributed by atoms with van der Waals surface area (Å²) in [5.41, 5.74) is 8.64. The Hall–Kier alpha value is -1.87. The van der Waals surface area contributed by atoms with Gasteiger partial charge in [0.15, 0.2) is 0 Å². The first-order chi connectivity index (χ1) is 8.24. The third-order valence-corrected chi connectivity index (χ3v) is 4.09. The Balaban J connectivity index is 2.18. The van der Waals surface area contributed by atoms with Crippen molar-refractivity contribution < 1.29 is 0 Å². The van der Waals surface area contributed by atoms with Crippen LogP contribution in [-0.2, 0) is 0 Å². The van der Waals surface area contributed by atoms with Gasteiger partial charge in [-0.25, -0.2) is 0 Å². The molecule has 0 unspecified atom stereocenters. The molecule has 1 aromatic carbocycles. The van der Waals surface area contributed by atoms with E-state index in [4.69, 9.17) is 5.73 Å². The summed E-state index contributed by atoms with van der Waals surface area (Å²) in [5, 5.41) is 1.28. The molecule has 0 aliphatic carbocycles. The molecular formula is C14H12N2S. The van der Waals surface area contributed by atoms with Crippen LogP contribution in [0.3, 0.4) is 0 Å². The first-order valence-corrected chi connectivity index (χ1v) is 6.27. The van der Waals surface area contributed by atoms with Crippen LogP contribution in [0.4, 0.5) is 5.69 Å². The van der Waals surface area contributed by atoms with E-state index in [2.05, 4.69) is 36.2 Å². The van der Waals surface area contributed by atoms with E-state index in [1.807, 2.05) is 12.1 Å². The summed E-state index contributed by atoms with van der Waals surface area (Å²) in [7, 11) is 0. The minimum absolute atomic E-state index is 0.700. The number of thiophene rings is 1. The van der Waals surface area contributed by atoms with E-state index in [1.54, 1.807) is 17.5 Å². The Bertz CT molecular complexity index is 668. The maximum atomic E-state index is 5.64. The molecule has 2 N–H and O–H groups in total. The topological polar surface area (TPSA) is 38.9 Å². The monoisotopic (exact) mass is 240 g/mol. The van der Waals surface area contributed by atoms with Crippen molar-refractivity contribution in [3.63, 3.8) is 0 Å². The number of benzene rings is 1. The van der Waals surface area contributed by atoms with Gasteiger partial charge in [0, 0.05) is 4.70 Å². The molecular weight excluding hydrogens is 228 g/mol. The second-order valence-electron chi connectivity index (χ2n) is 4.08. The number of rotatable bonds is 1. The molecule has 0 bridgehead atoms. The molecule has 0 saturated carbocycles. The summed E-state index contributed by atoms with van der Waals surface area (Å²) in [5.74, 6) is 0. The molecule has 0 amide bonds. The van der Waals surface area contributed by atoms with Crippen molar-refractivity contribution in [1.29, 1.82) is 0 Å². The van der Waals surface area contributed by atoms with Gasteiger partial charge in [0.2, 0.25) is 0 Å². The van der Waals surface area contributed by atoms with Crippen LogP contribution in [0.1, 0.15) is 5.56 Å². The lowest BCUT2D eigenvalue weighted by Gasteiger charge is -1.96. The minimum atomic E-state index is 0.700. The minimum Gasteiger partial charge on any atom is -0.397 e. The lowest BCUT2D eigenvalue weighted by atomic mass is 10.2. The Kier molecular flexibility index (Phi) is 2.34. The quantitative estimate of drug-likeness (QED) is 0.701. The van der Waals surface area contributed by atoms with Gasteiger partial charge in [-0.2, -0.15) is 0 Å². The van der Waals surface area contributed by atoms with Gasteiger partial charge >= 0.3 is 0 Å². The van der Waals surface area contributed by atoms with Gasteiger partial charge in [-0.1, -0.05) is 18.2 Å². The summed E-state index contributed by atoms with van der Waals surface area (Å²) >= 11 is 1.78. The molecule has 0 fully saturated rings. The molecule has 0 aliphatic heterocycles. The molecule has 0 radical (unpaired) electrons. The fraction of sp³-hybridized carbons (Fsp3) is 0.0714. The predicted molar refractivity (Wildman–Crippen MR) is 74.2 cm³/mol. The Morgan fingerprint density at radius 3 is 2.76 bits per heavy atom. The van der Waals surface area contributed by atoms with Crippen LogP contribution in [-0.4, -0.2) is 4.98 Å². The molecule has 0 spiro atoms. The third-order valence-electron chi connectivity index (χ3n) is 2.78. The van der Waals surface area contributed by atoms with Crippen molar-refractivity contribution >= 4 is 27.1 Å². The number of aromatic nitrogens is 1. The number of hydrogen-bond acceptors (Lipinski definition) is 3. The summed E-state index contributed by atoms with van der Waals surface area (Å²) in [6, 6.07) is 12.4. The maximum Gasteiger partial charge on any atom is 0.0803 e. The van der Waals surface area contributed by atoms with E-state index in [0.29, 0.717) is 5.69 Å². The van der Waals surface area contributed by atoms with Crippen LogP contribution >= 0.6 is 11.3 Å². The summed E-state index contributed by atoms with van der Waals surface area (Å²) in [6.07, 6.45) is 1.70. The molecule has 0 aliphatic rings. The molecule has 2 aromatic heterocycles. The second-order valence-corrected chi connectivity index (χ2v) is 5.13. The number of pyridine rings is 1. The standard InChI is InChI=1S/C14H12N2S/c1-9-3-2-4-10-7-13(17-14(9)10)12-6-5-11(15)8-16-12/h2-8H,15H2,1H3. The average molecular weight is 240 g/mol. The smallest absolute Gasteiger partial charge is 0.0803 e. The predicted octanol–water partition coefficient (Wildman–Crippen LogP) is 3.85. The number of nitrogens with two attached hydrogens (primary N) is 1. The first kappa shape index (κ1) is 10.3. The highest BCUT2D eigenvalue weighted by atomic mass is 32.1. The Morgan fingerprint density at radius 2 is 2.06 bits per heavy atom. The van der Waals surface area contributed by atoms with Gasteiger partial charge in [0.1, 0.15) is 0 Å². The molecule has 17 heavy (non-hydrogen) atoms. The molecule has 3 aromatic rings. The van der Waals surface area contributed by atoms with Crippen molar-refractivity contribution in [3.8, 4) is 10.6 Å². The van der Waals surface area contributed by atoms with Gasteiger partial charge in [-0.15, -0.1) is 11.3 Å². The van der Waals surface area contributed by atoms with E-state index < -0.39 is 0 Å². The fourth-order valence-electron chi connectivity index (χ4n) is 1.89. The molecule has 2 heterocycles. The van der Waals surface area contributed by atoms with E-state index in [9.17, 15) is 0 Å². The summed E-state index contributed by atoms with van der Waals surface area (Å²) in [6.45, 7) is 2.14. The lowest BCUT2D eigenvalue weighted by Crippen LogP contribution is -1.86. The van der Waals surface area contributed by atoms with Gasteiger partial charge in [0.25, 0.3) is 0 Å². The first-order valence-electron chi connectivity index (χ1n) is 5.45. The molecule has 2 nitrogen and oxygen atoms in total. The SMILES string of the molecule is Cc1cccc2cc(-c3ccc(N)cn3)sc12. The molecule has 84 valence electrons. The van der Waals surface area contributed by atoms with Crippen LogP contribution in [0.15, 0.2) is 42.6 Å². The lowest BCUT2D eigenvalue weighted by molar-refractivity contribution is 1.34.